The SMILES string of the molecule is CCC[C@H]1N(C(=O)c2cnccc2C(F)(F)F)CCC[C@@]1(Oc1csc(C(F)(F)F)c1)C(=O)N1CCN(c2ccccc2OCCN2CCNC(=O)C2)CC1. The summed E-state index contributed by atoms with van der Waals surface area (Å²) in [6, 6.07) is 7.85. The number of anilines is 1. The zero-order chi connectivity index (χ0) is 39.4. The molecule has 0 spiro atoms. The van der Waals surface area contributed by atoms with Crippen LogP contribution in [0.15, 0.2) is 54.2 Å². The minimum atomic E-state index is -4.87. The molecule has 3 saturated heterocycles. The van der Waals surface area contributed by atoms with E-state index in [2.05, 4.69) is 15.2 Å². The van der Waals surface area contributed by atoms with E-state index in [0.717, 1.165) is 36.1 Å². The number of nitrogens with zero attached hydrogens (tertiary/aromatic N) is 5. The molecule has 18 heteroatoms. The van der Waals surface area contributed by atoms with E-state index >= 15 is 0 Å². The number of ether oxygens (including phenoxy) is 2. The summed E-state index contributed by atoms with van der Waals surface area (Å²) in [5.41, 5.74) is -2.98. The van der Waals surface area contributed by atoms with Gasteiger partial charge in [0.15, 0.2) is 0 Å². The number of para-hydroxylation sites is 2. The number of thiophene rings is 1. The molecular formula is C37H42F6N6O5S. The van der Waals surface area contributed by atoms with Gasteiger partial charge in [0.1, 0.15) is 23.0 Å². The zero-order valence-corrected chi connectivity index (χ0v) is 30.9. The number of pyridine rings is 1. The topological polar surface area (TPSA) is 108 Å². The number of carbonyl (C=O) groups is 3. The first-order valence-electron chi connectivity index (χ1n) is 18.1. The minimum Gasteiger partial charge on any atom is -0.490 e. The Morgan fingerprint density at radius 3 is 2.47 bits per heavy atom. The standard InChI is InChI=1S/C37H42F6N6O5S/c1-2-6-30-35(54-25-21-31(55-24-25)37(41,42)43,10-5-13-49(30)33(51)26-22-44-11-9-27(26)36(38,39)40)34(52)48-17-15-47(16-18-48)28-7-3-4-8-29(28)53-20-19-46-14-12-45-32(50)23-46/h3-4,7-9,11,21-22,24,30H,2,5-6,10,12-20,23H2,1H3,(H,45,50)/t30-,35+/m1/s1. The molecule has 0 aliphatic carbocycles. The molecule has 3 aliphatic rings. The number of piperidine rings is 1. The van der Waals surface area contributed by atoms with E-state index in [1.165, 1.54) is 4.90 Å². The molecule has 0 unspecified atom stereocenters. The Kier molecular flexibility index (Phi) is 12.1. The van der Waals surface area contributed by atoms with Crippen molar-refractivity contribution >= 4 is 34.7 Å². The van der Waals surface area contributed by atoms with Crippen LogP contribution in [0.3, 0.4) is 0 Å². The second kappa shape index (κ2) is 16.6. The lowest BCUT2D eigenvalue weighted by Gasteiger charge is -2.50. The number of aromatic nitrogens is 1. The van der Waals surface area contributed by atoms with Crippen LogP contribution in [-0.2, 0) is 21.9 Å². The van der Waals surface area contributed by atoms with Crippen LogP contribution in [0.4, 0.5) is 32.0 Å². The number of hydrogen-bond donors (Lipinski definition) is 1. The Balaban J connectivity index is 1.25. The Morgan fingerprint density at radius 1 is 1.02 bits per heavy atom. The molecule has 55 heavy (non-hydrogen) atoms. The Morgan fingerprint density at radius 2 is 1.78 bits per heavy atom. The van der Waals surface area contributed by atoms with Gasteiger partial charge in [-0.1, -0.05) is 25.5 Å². The predicted octanol–water partition coefficient (Wildman–Crippen LogP) is 5.56. The fraction of sp³-hybridized carbons (Fsp3) is 0.514. The maximum Gasteiger partial charge on any atom is 0.425 e. The van der Waals surface area contributed by atoms with Gasteiger partial charge in [0.05, 0.1) is 29.4 Å². The third-order valence-corrected chi connectivity index (χ3v) is 11.1. The number of amides is 3. The summed E-state index contributed by atoms with van der Waals surface area (Å²) in [5.74, 6) is -1.18. The van der Waals surface area contributed by atoms with Crippen LogP contribution >= 0.6 is 11.3 Å². The molecule has 1 aromatic carbocycles. The van der Waals surface area contributed by atoms with Crippen molar-refractivity contribution in [3.05, 3.63) is 70.2 Å². The summed E-state index contributed by atoms with van der Waals surface area (Å²) in [6.07, 6.45) is -7.08. The van der Waals surface area contributed by atoms with Gasteiger partial charge in [-0.3, -0.25) is 24.3 Å². The van der Waals surface area contributed by atoms with Crippen molar-refractivity contribution < 1.29 is 50.2 Å². The molecule has 2 atom stereocenters. The third-order valence-electron chi connectivity index (χ3n) is 10.1. The lowest BCUT2D eigenvalue weighted by atomic mass is 9.79. The first-order chi connectivity index (χ1) is 26.2. The van der Waals surface area contributed by atoms with Crippen LogP contribution in [0, 0.1) is 0 Å². The summed E-state index contributed by atoms with van der Waals surface area (Å²) >= 11 is 0.400. The molecule has 0 bridgehead atoms. The summed E-state index contributed by atoms with van der Waals surface area (Å²) in [7, 11) is 0. The number of likely N-dealkylation sites (tertiary alicyclic amines) is 1. The number of alkyl halides is 6. The smallest absolute Gasteiger partial charge is 0.425 e. The van der Waals surface area contributed by atoms with Gasteiger partial charge in [-0.25, -0.2) is 0 Å². The van der Waals surface area contributed by atoms with Crippen molar-refractivity contribution in [2.24, 2.45) is 0 Å². The first-order valence-corrected chi connectivity index (χ1v) is 19.0. The number of hydrogen-bond acceptors (Lipinski definition) is 9. The van der Waals surface area contributed by atoms with E-state index in [0.29, 0.717) is 68.9 Å². The number of rotatable bonds is 11. The van der Waals surface area contributed by atoms with Gasteiger partial charge >= 0.3 is 12.4 Å². The van der Waals surface area contributed by atoms with Crippen LogP contribution in [-0.4, -0.2) is 115 Å². The molecular weight excluding hydrogens is 754 g/mol. The van der Waals surface area contributed by atoms with Crippen LogP contribution in [0.25, 0.3) is 0 Å². The normalized spacial score (nSPS) is 21.3. The lowest BCUT2D eigenvalue weighted by Crippen LogP contribution is -2.69. The largest absolute Gasteiger partial charge is 0.490 e. The Labute approximate surface area is 318 Å². The molecule has 2 aromatic heterocycles. The highest BCUT2D eigenvalue weighted by Gasteiger charge is 2.56. The average molecular weight is 797 g/mol. The van der Waals surface area contributed by atoms with Crippen LogP contribution < -0.4 is 19.7 Å². The summed E-state index contributed by atoms with van der Waals surface area (Å²) < 4.78 is 95.7. The number of piperazine rings is 2. The molecule has 1 N–H and O–H groups in total. The molecule has 3 aliphatic heterocycles. The van der Waals surface area contributed by atoms with Crippen LogP contribution in [0.2, 0.25) is 0 Å². The fourth-order valence-electron chi connectivity index (χ4n) is 7.53. The summed E-state index contributed by atoms with van der Waals surface area (Å²) in [5, 5.41) is 3.95. The van der Waals surface area contributed by atoms with Crippen LogP contribution in [0.5, 0.6) is 11.5 Å². The van der Waals surface area contributed by atoms with Gasteiger partial charge in [0, 0.05) is 82.6 Å². The second-order valence-electron chi connectivity index (χ2n) is 13.7. The predicted molar refractivity (Wildman–Crippen MR) is 191 cm³/mol. The average Bonchev–Trinajstić information content (AvgIpc) is 3.64. The van der Waals surface area contributed by atoms with Crippen molar-refractivity contribution in [1.82, 2.24) is 25.0 Å². The Bertz CT molecular complexity index is 1830. The maximum absolute atomic E-state index is 14.9. The van der Waals surface area contributed by atoms with Gasteiger partial charge in [-0.2, -0.15) is 26.3 Å². The minimum absolute atomic E-state index is 0.00103. The van der Waals surface area contributed by atoms with E-state index in [1.807, 2.05) is 29.2 Å². The number of carbonyl (C=O) groups excluding carboxylic acids is 3. The molecule has 11 nitrogen and oxygen atoms in total. The highest BCUT2D eigenvalue weighted by Crippen LogP contribution is 2.43. The highest BCUT2D eigenvalue weighted by molar-refractivity contribution is 7.10. The van der Waals surface area contributed by atoms with Gasteiger partial charge in [0.25, 0.3) is 11.8 Å². The molecule has 298 valence electrons. The first kappa shape index (κ1) is 40.1. The van der Waals surface area contributed by atoms with Gasteiger partial charge in [-0.15, -0.1) is 11.3 Å². The molecule has 3 fully saturated rings. The van der Waals surface area contributed by atoms with Gasteiger partial charge in [0.2, 0.25) is 11.5 Å². The maximum atomic E-state index is 14.9. The summed E-state index contributed by atoms with van der Waals surface area (Å²) in [6.45, 7) is 5.36. The molecule has 0 radical (unpaired) electrons. The van der Waals surface area contributed by atoms with Crippen LogP contribution in [0.1, 0.15) is 53.4 Å². The Hall–Kier alpha value is -4.58. The van der Waals surface area contributed by atoms with E-state index < -0.39 is 51.8 Å². The lowest BCUT2D eigenvalue weighted by molar-refractivity contribution is -0.159. The molecule has 0 saturated carbocycles. The zero-order valence-electron chi connectivity index (χ0n) is 30.1. The monoisotopic (exact) mass is 796 g/mol. The number of nitrogens with one attached hydrogen (secondary N) is 1. The fourth-order valence-corrected chi connectivity index (χ4v) is 8.20. The summed E-state index contributed by atoms with van der Waals surface area (Å²) in [4.78, 5) is 50.4. The van der Waals surface area contributed by atoms with Crippen molar-refractivity contribution in [2.45, 2.75) is 56.6 Å². The molecule has 3 aromatic rings. The van der Waals surface area contributed by atoms with E-state index in [4.69, 9.17) is 9.47 Å². The molecule has 6 rings (SSSR count). The highest BCUT2D eigenvalue weighted by atomic mass is 32.1. The quantitative estimate of drug-likeness (QED) is 0.252. The second-order valence-corrected chi connectivity index (χ2v) is 14.6. The van der Waals surface area contributed by atoms with Crippen molar-refractivity contribution in [2.75, 3.05) is 70.4 Å². The third kappa shape index (κ3) is 8.95. The molecule has 5 heterocycles. The van der Waals surface area contributed by atoms with E-state index in [9.17, 15) is 40.7 Å². The van der Waals surface area contributed by atoms with Crippen molar-refractivity contribution in [3.8, 4) is 11.5 Å². The van der Waals surface area contributed by atoms with Crippen molar-refractivity contribution in [3.63, 3.8) is 0 Å². The molecule has 3 amide bonds. The number of halogens is 6. The van der Waals surface area contributed by atoms with E-state index in [1.54, 1.807) is 11.8 Å². The van der Waals surface area contributed by atoms with Crippen molar-refractivity contribution in [1.29, 1.82) is 0 Å². The van der Waals surface area contributed by atoms with E-state index in [-0.39, 0.29) is 50.6 Å². The van der Waals surface area contributed by atoms with Gasteiger partial charge < -0.3 is 29.5 Å². The number of benzene rings is 1. The van der Waals surface area contributed by atoms with Gasteiger partial charge in [-0.05, 0) is 31.0 Å².